The number of aryl methyl sites for hydroxylation is 1. The van der Waals surface area contributed by atoms with Gasteiger partial charge in [-0.05, 0) is 39.8 Å². The van der Waals surface area contributed by atoms with Crippen LogP contribution in [0.25, 0.3) is 10.9 Å². The molecule has 0 aliphatic rings. The van der Waals surface area contributed by atoms with E-state index < -0.39 is 11.7 Å². The topological polar surface area (TPSA) is 44.1 Å². The van der Waals surface area contributed by atoms with E-state index in [0.717, 1.165) is 16.5 Å². The van der Waals surface area contributed by atoms with Crippen LogP contribution in [0.15, 0.2) is 24.4 Å². The number of nitrogens with zero attached hydrogens (tertiary/aromatic N) is 2. The van der Waals surface area contributed by atoms with Crippen molar-refractivity contribution in [3.8, 4) is 0 Å². The Balaban J connectivity index is 0.000000861. The second-order valence-corrected chi connectivity index (χ2v) is 5.10. The molecule has 0 spiro atoms. The molecule has 4 nitrogen and oxygen atoms in total. The fourth-order valence-electron chi connectivity index (χ4n) is 1.60. The molecule has 0 saturated carbocycles. The molecule has 2 rings (SSSR count). The summed E-state index contributed by atoms with van der Waals surface area (Å²) in [5.41, 5.74) is 1.39. The predicted octanol–water partition coefficient (Wildman–Crippen LogP) is 4.15. The minimum absolute atomic E-state index is 0.448. The standard InChI is InChI=1S/C13H16N2O2.C2H6/c1-9-5-6-11-10(7-9)8-14-15(11)12(16)17-13(2,3)4;1-2/h5-8H,1-4H3;1-2H3. The van der Waals surface area contributed by atoms with E-state index in [9.17, 15) is 4.79 Å². The van der Waals surface area contributed by atoms with Gasteiger partial charge in [0.05, 0.1) is 11.7 Å². The number of carbonyl (C=O) groups excluding carboxylic acids is 1. The second-order valence-electron chi connectivity index (χ2n) is 5.10. The number of ether oxygens (including phenoxy) is 1. The molecule has 19 heavy (non-hydrogen) atoms. The fourth-order valence-corrected chi connectivity index (χ4v) is 1.60. The molecule has 1 heterocycles. The van der Waals surface area contributed by atoms with E-state index in [-0.39, 0.29) is 0 Å². The summed E-state index contributed by atoms with van der Waals surface area (Å²) in [7, 11) is 0. The van der Waals surface area contributed by atoms with Gasteiger partial charge in [-0.2, -0.15) is 9.78 Å². The number of rotatable bonds is 0. The minimum atomic E-state index is -0.514. The quantitative estimate of drug-likeness (QED) is 0.716. The third-order valence-corrected chi connectivity index (χ3v) is 2.29. The summed E-state index contributed by atoms with van der Waals surface area (Å²) in [4.78, 5) is 11.9. The highest BCUT2D eigenvalue weighted by Gasteiger charge is 2.19. The second kappa shape index (κ2) is 5.87. The summed E-state index contributed by atoms with van der Waals surface area (Å²) in [6.45, 7) is 11.5. The van der Waals surface area contributed by atoms with Crippen molar-refractivity contribution in [2.24, 2.45) is 0 Å². The lowest BCUT2D eigenvalue weighted by Gasteiger charge is -2.19. The Bertz CT molecular complexity index is 565. The van der Waals surface area contributed by atoms with Crippen molar-refractivity contribution in [2.75, 3.05) is 0 Å². The van der Waals surface area contributed by atoms with Gasteiger partial charge in [0, 0.05) is 5.39 Å². The maximum Gasteiger partial charge on any atom is 0.435 e. The molecule has 0 aliphatic carbocycles. The molecule has 104 valence electrons. The Kier molecular flexibility index (Phi) is 4.70. The van der Waals surface area contributed by atoms with Gasteiger partial charge in [-0.1, -0.05) is 25.5 Å². The van der Waals surface area contributed by atoms with Crippen LogP contribution in [0.3, 0.4) is 0 Å². The van der Waals surface area contributed by atoms with Gasteiger partial charge in [0.1, 0.15) is 5.60 Å². The Morgan fingerprint density at radius 2 is 1.89 bits per heavy atom. The third kappa shape index (κ3) is 3.81. The zero-order valence-corrected chi connectivity index (χ0v) is 12.5. The average molecular weight is 262 g/mol. The largest absolute Gasteiger partial charge is 0.442 e. The zero-order chi connectivity index (χ0) is 14.6. The number of aromatic nitrogens is 2. The molecule has 1 aromatic heterocycles. The average Bonchev–Trinajstić information content (AvgIpc) is 2.72. The molecular weight excluding hydrogens is 240 g/mol. The first kappa shape index (κ1) is 15.2. The Morgan fingerprint density at radius 1 is 1.26 bits per heavy atom. The molecule has 1 aromatic carbocycles. The highest BCUT2D eigenvalue weighted by Crippen LogP contribution is 2.17. The van der Waals surface area contributed by atoms with E-state index in [1.54, 1.807) is 6.20 Å². The SMILES string of the molecule is CC.Cc1ccc2c(cnn2C(=O)OC(C)(C)C)c1. The van der Waals surface area contributed by atoms with Crippen LogP contribution in [0, 0.1) is 6.92 Å². The van der Waals surface area contributed by atoms with Crippen LogP contribution >= 0.6 is 0 Å². The van der Waals surface area contributed by atoms with E-state index >= 15 is 0 Å². The van der Waals surface area contributed by atoms with Crippen LogP contribution in [0.4, 0.5) is 4.79 Å². The number of carbonyl (C=O) groups is 1. The van der Waals surface area contributed by atoms with E-state index in [2.05, 4.69) is 5.10 Å². The van der Waals surface area contributed by atoms with Crippen LogP contribution in [0.2, 0.25) is 0 Å². The van der Waals surface area contributed by atoms with Crippen LogP contribution in [0.1, 0.15) is 40.2 Å². The molecule has 4 heteroatoms. The maximum atomic E-state index is 11.9. The summed E-state index contributed by atoms with van der Waals surface area (Å²) < 4.78 is 6.57. The van der Waals surface area contributed by atoms with E-state index in [0.29, 0.717) is 0 Å². The Morgan fingerprint density at radius 3 is 2.47 bits per heavy atom. The maximum absolute atomic E-state index is 11.9. The summed E-state index contributed by atoms with van der Waals surface area (Å²) in [6.07, 6.45) is 1.23. The number of fused-ring (bicyclic) bond motifs is 1. The van der Waals surface area contributed by atoms with Crippen molar-refractivity contribution in [1.82, 2.24) is 9.78 Å². The van der Waals surface area contributed by atoms with Gasteiger partial charge in [0.15, 0.2) is 0 Å². The number of hydrogen-bond acceptors (Lipinski definition) is 3. The van der Waals surface area contributed by atoms with Gasteiger partial charge in [0.25, 0.3) is 0 Å². The molecule has 0 amide bonds. The Hall–Kier alpha value is -1.84. The molecule has 0 aliphatic heterocycles. The van der Waals surface area contributed by atoms with E-state index in [4.69, 9.17) is 4.74 Å². The molecule has 0 unspecified atom stereocenters. The Labute approximate surface area is 114 Å². The highest BCUT2D eigenvalue weighted by molar-refractivity contribution is 5.88. The summed E-state index contributed by atoms with van der Waals surface area (Å²) in [5.74, 6) is 0. The third-order valence-electron chi connectivity index (χ3n) is 2.29. The number of hydrogen-bond donors (Lipinski definition) is 0. The molecular formula is C15H22N2O2. The summed E-state index contributed by atoms with van der Waals surface area (Å²) >= 11 is 0. The van der Waals surface area contributed by atoms with E-state index in [1.807, 2.05) is 59.7 Å². The van der Waals surface area contributed by atoms with Gasteiger partial charge in [-0.15, -0.1) is 0 Å². The zero-order valence-electron chi connectivity index (χ0n) is 12.5. The molecule has 0 bridgehead atoms. The molecule has 2 aromatic rings. The van der Waals surface area contributed by atoms with Crippen LogP contribution in [-0.4, -0.2) is 21.5 Å². The van der Waals surface area contributed by atoms with Crippen molar-refractivity contribution in [3.05, 3.63) is 30.0 Å². The van der Waals surface area contributed by atoms with E-state index in [1.165, 1.54) is 4.68 Å². The van der Waals surface area contributed by atoms with Gasteiger partial charge < -0.3 is 4.74 Å². The first-order valence-electron chi connectivity index (χ1n) is 6.54. The summed E-state index contributed by atoms with van der Waals surface area (Å²) in [6, 6.07) is 5.82. The van der Waals surface area contributed by atoms with Gasteiger partial charge >= 0.3 is 6.09 Å². The molecule has 0 radical (unpaired) electrons. The highest BCUT2D eigenvalue weighted by atomic mass is 16.6. The fraction of sp³-hybridized carbons (Fsp3) is 0.467. The van der Waals surface area contributed by atoms with Crippen molar-refractivity contribution in [1.29, 1.82) is 0 Å². The lowest BCUT2D eigenvalue weighted by molar-refractivity contribution is 0.0523. The smallest absolute Gasteiger partial charge is 0.435 e. The predicted molar refractivity (Wildman–Crippen MR) is 77.5 cm³/mol. The van der Waals surface area contributed by atoms with Crippen molar-refractivity contribution in [3.63, 3.8) is 0 Å². The summed E-state index contributed by atoms with van der Waals surface area (Å²) in [5, 5.41) is 5.00. The van der Waals surface area contributed by atoms with Crippen molar-refractivity contribution in [2.45, 2.75) is 47.1 Å². The van der Waals surface area contributed by atoms with Crippen molar-refractivity contribution >= 4 is 17.0 Å². The van der Waals surface area contributed by atoms with Gasteiger partial charge in [0.2, 0.25) is 0 Å². The first-order valence-corrected chi connectivity index (χ1v) is 6.54. The first-order chi connectivity index (χ1) is 8.87. The van der Waals surface area contributed by atoms with Crippen LogP contribution < -0.4 is 0 Å². The normalized spacial score (nSPS) is 10.8. The minimum Gasteiger partial charge on any atom is -0.442 e. The molecule has 0 fully saturated rings. The van der Waals surface area contributed by atoms with Crippen LogP contribution in [-0.2, 0) is 4.74 Å². The van der Waals surface area contributed by atoms with Crippen LogP contribution in [0.5, 0.6) is 0 Å². The van der Waals surface area contributed by atoms with Crippen molar-refractivity contribution < 1.29 is 9.53 Å². The number of benzene rings is 1. The van der Waals surface area contributed by atoms with Gasteiger partial charge in [-0.3, -0.25) is 0 Å². The molecule has 0 saturated heterocycles. The molecule has 0 atom stereocenters. The molecule has 0 N–H and O–H groups in total. The van der Waals surface area contributed by atoms with Gasteiger partial charge in [-0.25, -0.2) is 4.79 Å². The monoisotopic (exact) mass is 262 g/mol. The lowest BCUT2D eigenvalue weighted by Crippen LogP contribution is -2.27. The lowest BCUT2D eigenvalue weighted by atomic mass is 10.2.